The van der Waals surface area contributed by atoms with Gasteiger partial charge in [-0.3, -0.25) is 4.79 Å². The standard InChI is InChI=1S/C33H30ClNO4S.Li/c1-22-5-3-4-6-28(22)30-21-24(11-18-29(30)32(36)35-31(33(37)38)19-20-40-2)8-7-23-9-14-26(15-10-23)39-27-16-12-25(34)13-17-27;/h3-18,21,31H,19-20H2,1-2H3,(H,35,36)(H,37,38);/q;+1/b8-7+;. The maximum atomic E-state index is 13.3. The molecular weight excluding hydrogens is 549 g/mol. The van der Waals surface area contributed by atoms with E-state index in [0.29, 0.717) is 34.3 Å². The summed E-state index contributed by atoms with van der Waals surface area (Å²) in [7, 11) is 0. The van der Waals surface area contributed by atoms with E-state index in [1.165, 1.54) is 0 Å². The van der Waals surface area contributed by atoms with Crippen LogP contribution in [0.1, 0.15) is 33.5 Å². The van der Waals surface area contributed by atoms with Gasteiger partial charge in [0.15, 0.2) is 0 Å². The monoisotopic (exact) mass is 578 g/mol. The third kappa shape index (κ3) is 9.04. The zero-order valence-electron chi connectivity index (χ0n) is 23.3. The van der Waals surface area contributed by atoms with Crippen molar-refractivity contribution in [1.29, 1.82) is 0 Å². The first kappa shape index (κ1) is 32.1. The molecule has 41 heavy (non-hydrogen) atoms. The summed E-state index contributed by atoms with van der Waals surface area (Å²) >= 11 is 7.49. The number of benzene rings is 4. The summed E-state index contributed by atoms with van der Waals surface area (Å²) < 4.78 is 5.87. The Morgan fingerprint density at radius 2 is 1.51 bits per heavy atom. The van der Waals surface area contributed by atoms with Crippen molar-refractivity contribution in [3.8, 4) is 22.6 Å². The van der Waals surface area contributed by atoms with Crippen LogP contribution >= 0.6 is 23.4 Å². The number of amides is 1. The first-order valence-electron chi connectivity index (χ1n) is 12.8. The fraction of sp³-hybridized carbons (Fsp3) is 0.152. The molecule has 0 spiro atoms. The Morgan fingerprint density at radius 3 is 2.15 bits per heavy atom. The number of nitrogens with one attached hydrogen (secondary N) is 1. The predicted molar refractivity (Wildman–Crippen MR) is 165 cm³/mol. The smallest absolute Gasteiger partial charge is 0.480 e. The van der Waals surface area contributed by atoms with E-state index >= 15 is 0 Å². The molecule has 4 aromatic carbocycles. The normalized spacial score (nSPS) is 11.5. The van der Waals surface area contributed by atoms with Gasteiger partial charge in [-0.25, -0.2) is 4.79 Å². The zero-order chi connectivity index (χ0) is 28.5. The molecule has 204 valence electrons. The molecule has 1 unspecified atom stereocenters. The van der Waals surface area contributed by atoms with Crippen LogP contribution in [0.4, 0.5) is 0 Å². The van der Waals surface area contributed by atoms with Crippen LogP contribution in [-0.2, 0) is 4.79 Å². The van der Waals surface area contributed by atoms with Gasteiger partial charge >= 0.3 is 24.8 Å². The van der Waals surface area contributed by atoms with Gasteiger partial charge in [-0.05, 0) is 102 Å². The van der Waals surface area contributed by atoms with Crippen LogP contribution in [0.3, 0.4) is 0 Å². The molecule has 0 saturated heterocycles. The summed E-state index contributed by atoms with van der Waals surface area (Å²) in [5.41, 5.74) is 5.02. The van der Waals surface area contributed by atoms with Gasteiger partial charge in [-0.2, -0.15) is 11.8 Å². The van der Waals surface area contributed by atoms with Gasteiger partial charge in [0.05, 0.1) is 0 Å². The molecule has 1 atom stereocenters. The number of aryl methyl sites for hydroxylation is 1. The van der Waals surface area contributed by atoms with Gasteiger partial charge in [0.25, 0.3) is 5.91 Å². The molecule has 0 aliphatic heterocycles. The summed E-state index contributed by atoms with van der Waals surface area (Å²) in [5.74, 6) is 0.621. The van der Waals surface area contributed by atoms with E-state index in [1.807, 2.05) is 98.1 Å². The third-order valence-electron chi connectivity index (χ3n) is 6.34. The van der Waals surface area contributed by atoms with E-state index in [-0.39, 0.29) is 18.9 Å². The second-order valence-electron chi connectivity index (χ2n) is 9.22. The second-order valence-corrected chi connectivity index (χ2v) is 10.6. The van der Waals surface area contributed by atoms with Crippen molar-refractivity contribution < 1.29 is 38.3 Å². The van der Waals surface area contributed by atoms with Crippen LogP contribution in [0.2, 0.25) is 5.02 Å². The van der Waals surface area contributed by atoms with E-state index in [9.17, 15) is 14.7 Å². The number of hydrogen-bond donors (Lipinski definition) is 2. The first-order chi connectivity index (χ1) is 19.3. The average Bonchev–Trinajstić information content (AvgIpc) is 2.96. The maximum Gasteiger partial charge on any atom is 1.00 e. The Hall–Kier alpha value is -3.40. The maximum absolute atomic E-state index is 13.3. The predicted octanol–water partition coefficient (Wildman–Crippen LogP) is 5.22. The average molecular weight is 579 g/mol. The van der Waals surface area contributed by atoms with Gasteiger partial charge in [0, 0.05) is 10.6 Å². The summed E-state index contributed by atoms with van der Waals surface area (Å²) in [4.78, 5) is 25.0. The molecule has 8 heteroatoms. The fourth-order valence-corrected chi connectivity index (χ4v) is 4.77. The van der Waals surface area contributed by atoms with Gasteiger partial charge in [-0.1, -0.05) is 66.2 Å². The minimum absolute atomic E-state index is 0. The Bertz CT molecular complexity index is 1510. The Morgan fingerprint density at radius 1 is 0.902 bits per heavy atom. The van der Waals surface area contributed by atoms with Crippen LogP contribution in [0.25, 0.3) is 23.3 Å². The van der Waals surface area contributed by atoms with Gasteiger partial charge in [0.2, 0.25) is 0 Å². The van der Waals surface area contributed by atoms with E-state index in [4.69, 9.17) is 16.3 Å². The molecule has 0 fully saturated rings. The molecule has 5 nitrogen and oxygen atoms in total. The van der Waals surface area contributed by atoms with Gasteiger partial charge in [0.1, 0.15) is 17.5 Å². The Balaban J connectivity index is 0.00000462. The zero-order valence-corrected chi connectivity index (χ0v) is 24.8. The molecule has 0 bridgehead atoms. The Labute approximate surface area is 262 Å². The van der Waals surface area contributed by atoms with Crippen LogP contribution in [0, 0.1) is 6.92 Å². The summed E-state index contributed by atoms with van der Waals surface area (Å²) in [6.07, 6.45) is 6.24. The molecular formula is C33H30ClLiNO4S+. The van der Waals surface area contributed by atoms with Crippen molar-refractivity contribution in [3.05, 3.63) is 118 Å². The number of carbonyl (C=O) groups excluding carboxylic acids is 1. The van der Waals surface area contributed by atoms with E-state index in [1.54, 1.807) is 30.0 Å². The van der Waals surface area contributed by atoms with Crippen molar-refractivity contribution in [2.24, 2.45) is 0 Å². The van der Waals surface area contributed by atoms with Crippen molar-refractivity contribution in [2.45, 2.75) is 19.4 Å². The summed E-state index contributed by atoms with van der Waals surface area (Å²) in [6, 6.07) is 27.4. The van der Waals surface area contributed by atoms with Crippen molar-refractivity contribution in [2.75, 3.05) is 12.0 Å². The van der Waals surface area contributed by atoms with Gasteiger partial charge in [-0.15, -0.1) is 0 Å². The number of carboxylic acids is 1. The van der Waals surface area contributed by atoms with E-state index in [2.05, 4.69) is 5.32 Å². The molecule has 0 radical (unpaired) electrons. The van der Waals surface area contributed by atoms with Gasteiger partial charge < -0.3 is 15.2 Å². The molecule has 0 aromatic heterocycles. The number of hydrogen-bond acceptors (Lipinski definition) is 4. The minimum Gasteiger partial charge on any atom is -0.480 e. The van der Waals surface area contributed by atoms with Crippen LogP contribution in [0.5, 0.6) is 11.5 Å². The molecule has 0 aliphatic rings. The number of halogens is 1. The van der Waals surface area contributed by atoms with Crippen LogP contribution in [0.15, 0.2) is 91.0 Å². The summed E-state index contributed by atoms with van der Waals surface area (Å²) in [6.45, 7) is 1.99. The molecule has 4 aromatic rings. The van der Waals surface area contributed by atoms with E-state index < -0.39 is 17.9 Å². The second kappa shape index (κ2) is 15.6. The number of thioether (sulfide) groups is 1. The molecule has 2 N–H and O–H groups in total. The van der Waals surface area contributed by atoms with Crippen molar-refractivity contribution >= 4 is 47.4 Å². The van der Waals surface area contributed by atoms with E-state index in [0.717, 1.165) is 27.8 Å². The fourth-order valence-electron chi connectivity index (χ4n) is 4.17. The van der Waals surface area contributed by atoms with Crippen LogP contribution < -0.4 is 28.9 Å². The van der Waals surface area contributed by atoms with Crippen molar-refractivity contribution in [3.63, 3.8) is 0 Å². The molecule has 0 saturated carbocycles. The SMILES string of the molecule is CSCCC(NC(=O)c1ccc(/C=C/c2ccc(Oc3ccc(Cl)cc3)cc2)cc1-c1ccccc1C)C(=O)O.[Li+]. The number of carboxylic acid groups (broad SMARTS) is 1. The van der Waals surface area contributed by atoms with Crippen molar-refractivity contribution in [1.82, 2.24) is 5.32 Å². The van der Waals surface area contributed by atoms with Crippen LogP contribution in [-0.4, -0.2) is 35.0 Å². The Kier molecular flexibility index (Phi) is 12.2. The quantitative estimate of drug-likeness (QED) is 0.189. The number of aliphatic carboxylic acids is 1. The first-order valence-corrected chi connectivity index (χ1v) is 14.6. The molecule has 1 amide bonds. The molecule has 0 heterocycles. The summed E-state index contributed by atoms with van der Waals surface area (Å²) in [5, 5.41) is 13.0. The minimum atomic E-state index is -1.04. The number of ether oxygens (including phenoxy) is 1. The number of carbonyl (C=O) groups is 2. The topological polar surface area (TPSA) is 75.6 Å². The number of rotatable bonds is 11. The largest absolute Gasteiger partial charge is 1.00 e. The molecule has 0 aliphatic carbocycles. The molecule has 4 rings (SSSR count). The third-order valence-corrected chi connectivity index (χ3v) is 7.23.